The van der Waals surface area contributed by atoms with Crippen molar-refractivity contribution in [2.45, 2.75) is 12.5 Å². The van der Waals surface area contributed by atoms with E-state index < -0.39 is 11.9 Å². The fourth-order valence-corrected chi connectivity index (χ4v) is 3.15. The van der Waals surface area contributed by atoms with Crippen LogP contribution in [0.25, 0.3) is 0 Å². The van der Waals surface area contributed by atoms with Gasteiger partial charge in [0.25, 0.3) is 0 Å². The third-order valence-electron chi connectivity index (χ3n) is 3.35. The van der Waals surface area contributed by atoms with Gasteiger partial charge in [0, 0.05) is 22.0 Å². The van der Waals surface area contributed by atoms with E-state index in [9.17, 15) is 9.50 Å². The molecule has 1 atom stereocenters. The van der Waals surface area contributed by atoms with Crippen molar-refractivity contribution in [2.75, 3.05) is 6.61 Å². The minimum absolute atomic E-state index is 0.0632. The van der Waals surface area contributed by atoms with Crippen LogP contribution >= 0.6 is 27.5 Å². The van der Waals surface area contributed by atoms with E-state index in [2.05, 4.69) is 15.9 Å². The van der Waals surface area contributed by atoms with Gasteiger partial charge in [-0.1, -0.05) is 39.7 Å². The Labute approximate surface area is 129 Å². The Morgan fingerprint density at radius 2 is 2.10 bits per heavy atom. The Hall–Kier alpha value is -1.10. The van der Waals surface area contributed by atoms with Gasteiger partial charge < -0.3 is 9.84 Å². The van der Waals surface area contributed by atoms with Crippen molar-refractivity contribution in [1.82, 2.24) is 0 Å². The zero-order valence-electron chi connectivity index (χ0n) is 10.4. The summed E-state index contributed by atoms with van der Waals surface area (Å²) in [4.78, 5) is 0. The second-order valence-corrected chi connectivity index (χ2v) is 5.92. The monoisotopic (exact) mass is 356 g/mol. The molecule has 0 bridgehead atoms. The molecule has 1 heterocycles. The molecule has 2 aromatic rings. The van der Waals surface area contributed by atoms with Crippen molar-refractivity contribution >= 4 is 27.5 Å². The van der Waals surface area contributed by atoms with Crippen LogP contribution in [0.2, 0.25) is 5.02 Å². The number of benzene rings is 2. The van der Waals surface area contributed by atoms with Gasteiger partial charge in [-0.15, -0.1) is 0 Å². The summed E-state index contributed by atoms with van der Waals surface area (Å²) in [6.45, 7) is 0.586. The molecule has 1 aliphatic rings. The number of hydrogen-bond acceptors (Lipinski definition) is 2. The molecule has 0 aliphatic carbocycles. The molecule has 0 amide bonds. The van der Waals surface area contributed by atoms with Gasteiger partial charge in [-0.05, 0) is 23.8 Å². The van der Waals surface area contributed by atoms with E-state index in [1.54, 1.807) is 12.1 Å². The maximum atomic E-state index is 13.5. The summed E-state index contributed by atoms with van der Waals surface area (Å²) in [7, 11) is 0. The third-order valence-corrected chi connectivity index (χ3v) is 4.20. The van der Waals surface area contributed by atoms with E-state index in [1.807, 2.05) is 6.07 Å². The van der Waals surface area contributed by atoms with Crippen LogP contribution in [0.15, 0.2) is 34.8 Å². The van der Waals surface area contributed by atoms with Crippen LogP contribution in [0, 0.1) is 5.82 Å². The van der Waals surface area contributed by atoms with E-state index in [-0.39, 0.29) is 5.02 Å². The van der Waals surface area contributed by atoms with E-state index in [0.717, 1.165) is 16.5 Å². The van der Waals surface area contributed by atoms with Gasteiger partial charge in [0.1, 0.15) is 17.7 Å². The smallest absolute Gasteiger partial charge is 0.142 e. The molecule has 0 spiro atoms. The second-order valence-electron chi connectivity index (χ2n) is 4.63. The molecule has 0 radical (unpaired) electrons. The highest BCUT2D eigenvalue weighted by molar-refractivity contribution is 9.10. The molecule has 0 saturated carbocycles. The molecule has 2 nitrogen and oxygen atoms in total. The van der Waals surface area contributed by atoms with Gasteiger partial charge in [-0.25, -0.2) is 4.39 Å². The van der Waals surface area contributed by atoms with E-state index in [0.29, 0.717) is 23.5 Å². The normalized spacial score (nSPS) is 14.8. The largest absolute Gasteiger partial charge is 0.493 e. The second kappa shape index (κ2) is 5.35. The van der Waals surface area contributed by atoms with Crippen LogP contribution < -0.4 is 4.74 Å². The maximum Gasteiger partial charge on any atom is 0.142 e. The molecular weight excluding hydrogens is 347 g/mol. The number of halogens is 3. The Morgan fingerprint density at radius 3 is 2.90 bits per heavy atom. The molecule has 20 heavy (non-hydrogen) atoms. The first-order chi connectivity index (χ1) is 9.58. The topological polar surface area (TPSA) is 29.5 Å². The van der Waals surface area contributed by atoms with Gasteiger partial charge in [-0.2, -0.15) is 0 Å². The molecule has 3 rings (SSSR count). The first kappa shape index (κ1) is 13.9. The van der Waals surface area contributed by atoms with Crippen molar-refractivity contribution in [2.24, 2.45) is 0 Å². The van der Waals surface area contributed by atoms with Gasteiger partial charge in [0.05, 0.1) is 11.6 Å². The predicted molar refractivity (Wildman–Crippen MR) is 78.8 cm³/mol. The van der Waals surface area contributed by atoms with Crippen molar-refractivity contribution in [1.29, 1.82) is 0 Å². The molecule has 1 unspecified atom stereocenters. The van der Waals surface area contributed by atoms with Crippen LogP contribution in [-0.4, -0.2) is 11.7 Å². The lowest BCUT2D eigenvalue weighted by Crippen LogP contribution is -2.04. The first-order valence-electron chi connectivity index (χ1n) is 6.15. The predicted octanol–water partition coefficient (Wildman–Crippen LogP) is 4.26. The zero-order chi connectivity index (χ0) is 14.3. The molecule has 0 fully saturated rings. The Balaban J connectivity index is 2.11. The number of aliphatic hydroxyl groups excluding tert-OH is 1. The number of fused-ring (bicyclic) bond motifs is 1. The number of hydrogen-bond donors (Lipinski definition) is 1. The quantitative estimate of drug-likeness (QED) is 0.870. The average molecular weight is 358 g/mol. The van der Waals surface area contributed by atoms with Crippen molar-refractivity contribution in [3.63, 3.8) is 0 Å². The van der Waals surface area contributed by atoms with Crippen LogP contribution in [0.4, 0.5) is 4.39 Å². The van der Waals surface area contributed by atoms with Gasteiger partial charge in [0.2, 0.25) is 0 Å². The summed E-state index contributed by atoms with van der Waals surface area (Å²) in [6.07, 6.45) is -0.228. The van der Waals surface area contributed by atoms with E-state index >= 15 is 0 Å². The minimum Gasteiger partial charge on any atom is -0.493 e. The first-order valence-corrected chi connectivity index (χ1v) is 7.32. The van der Waals surface area contributed by atoms with Crippen molar-refractivity contribution in [3.05, 3.63) is 62.3 Å². The molecule has 1 aliphatic heterocycles. The Morgan fingerprint density at radius 1 is 1.30 bits per heavy atom. The fraction of sp³-hybridized carbons (Fsp3) is 0.200. The molecule has 1 N–H and O–H groups in total. The highest BCUT2D eigenvalue weighted by atomic mass is 79.9. The molecule has 0 aromatic heterocycles. The molecule has 5 heteroatoms. The van der Waals surface area contributed by atoms with Gasteiger partial charge in [0.15, 0.2) is 0 Å². The summed E-state index contributed by atoms with van der Waals surface area (Å²) >= 11 is 9.36. The number of rotatable bonds is 2. The minimum atomic E-state index is -1.03. The van der Waals surface area contributed by atoms with Crippen LogP contribution in [0.1, 0.15) is 22.8 Å². The number of aliphatic hydroxyl groups is 1. The highest BCUT2D eigenvalue weighted by Gasteiger charge is 2.25. The lowest BCUT2D eigenvalue weighted by molar-refractivity contribution is 0.213. The summed E-state index contributed by atoms with van der Waals surface area (Å²) < 4.78 is 20.0. The Kier molecular flexibility index (Phi) is 3.71. The summed E-state index contributed by atoms with van der Waals surface area (Å²) in [5.74, 6) is 0.122. The highest BCUT2D eigenvalue weighted by Crippen LogP contribution is 2.40. The summed E-state index contributed by atoms with van der Waals surface area (Å²) in [6, 6.07) is 8.14. The van der Waals surface area contributed by atoms with Crippen LogP contribution in [-0.2, 0) is 6.42 Å². The lowest BCUT2D eigenvalue weighted by atomic mass is 9.98. The van der Waals surface area contributed by atoms with Gasteiger partial charge >= 0.3 is 0 Å². The SMILES string of the molecule is OC(c1cccc(F)c1Cl)c1cc(Br)cc2c1OCC2. The van der Waals surface area contributed by atoms with E-state index in [1.165, 1.54) is 12.1 Å². The average Bonchev–Trinajstić information content (AvgIpc) is 2.88. The third kappa shape index (κ3) is 2.32. The van der Waals surface area contributed by atoms with Crippen LogP contribution in [0.5, 0.6) is 5.75 Å². The van der Waals surface area contributed by atoms with Crippen molar-refractivity contribution in [3.8, 4) is 5.75 Å². The van der Waals surface area contributed by atoms with Crippen LogP contribution in [0.3, 0.4) is 0 Å². The fourth-order valence-electron chi connectivity index (χ4n) is 2.40. The molecule has 0 saturated heterocycles. The Bertz CT molecular complexity index is 675. The zero-order valence-corrected chi connectivity index (χ0v) is 12.7. The molecule has 2 aromatic carbocycles. The van der Waals surface area contributed by atoms with E-state index in [4.69, 9.17) is 16.3 Å². The summed E-state index contributed by atoms with van der Waals surface area (Å²) in [5.41, 5.74) is 1.96. The number of ether oxygens (including phenoxy) is 1. The molecular formula is C15H11BrClFO2. The standard InChI is InChI=1S/C15H11BrClFO2/c16-9-6-8-4-5-20-15(8)11(7-9)14(19)10-2-1-3-12(18)13(10)17/h1-3,6-7,14,19H,4-5H2. The van der Waals surface area contributed by atoms with Gasteiger partial charge in [-0.3, -0.25) is 0 Å². The summed E-state index contributed by atoms with van der Waals surface area (Å²) in [5, 5.41) is 10.5. The maximum absolute atomic E-state index is 13.5. The lowest BCUT2D eigenvalue weighted by Gasteiger charge is -2.17. The molecule has 104 valence electrons. The van der Waals surface area contributed by atoms with Crippen molar-refractivity contribution < 1.29 is 14.2 Å².